The van der Waals surface area contributed by atoms with Gasteiger partial charge in [0.15, 0.2) is 0 Å². The van der Waals surface area contributed by atoms with Crippen LogP contribution in [0.25, 0.3) is 0 Å². The zero-order valence-electron chi connectivity index (χ0n) is 8.49. The van der Waals surface area contributed by atoms with Gasteiger partial charge in [0.25, 0.3) is 0 Å². The van der Waals surface area contributed by atoms with Crippen LogP contribution in [0.3, 0.4) is 0 Å². The number of aromatic hydroxyl groups is 1. The molecule has 1 amide bonds. The Labute approximate surface area is 111 Å². The Morgan fingerprint density at radius 2 is 2.25 bits per heavy atom. The molecule has 1 N–H and O–H groups in total. The summed E-state index contributed by atoms with van der Waals surface area (Å²) in [5.41, 5.74) is 0.744. The third-order valence-electron chi connectivity index (χ3n) is 2.64. The smallest absolute Gasteiger partial charge is 0.227 e. The number of phenolic OH excluding ortho intramolecular Hbond substituents is 1. The van der Waals surface area contributed by atoms with Gasteiger partial charge in [-0.1, -0.05) is 15.9 Å². The minimum absolute atomic E-state index is 0.107. The standard InChI is InChI=1S/C11H11Br2NO2/c12-5-7-3-11(16)14(6-7)10-4-8(15)1-2-9(10)13/h1-2,4,7,15H,3,5-6H2. The van der Waals surface area contributed by atoms with Crippen molar-refractivity contribution < 1.29 is 9.90 Å². The van der Waals surface area contributed by atoms with Crippen LogP contribution < -0.4 is 4.90 Å². The van der Waals surface area contributed by atoms with E-state index in [0.717, 1.165) is 15.5 Å². The molecular weight excluding hydrogens is 338 g/mol. The lowest BCUT2D eigenvalue weighted by Gasteiger charge is -2.18. The molecule has 1 unspecified atom stereocenters. The second-order valence-electron chi connectivity index (χ2n) is 3.86. The van der Waals surface area contributed by atoms with Crippen LogP contribution in [0, 0.1) is 5.92 Å². The maximum Gasteiger partial charge on any atom is 0.227 e. The molecule has 86 valence electrons. The summed E-state index contributed by atoms with van der Waals surface area (Å²) in [6, 6.07) is 4.95. The molecule has 1 heterocycles. The summed E-state index contributed by atoms with van der Waals surface area (Å²) in [5, 5.41) is 10.3. The molecule has 1 aromatic rings. The van der Waals surface area contributed by atoms with Crippen molar-refractivity contribution in [1.82, 2.24) is 0 Å². The largest absolute Gasteiger partial charge is 0.508 e. The van der Waals surface area contributed by atoms with Crippen molar-refractivity contribution in [1.29, 1.82) is 0 Å². The van der Waals surface area contributed by atoms with Gasteiger partial charge in [-0.25, -0.2) is 0 Å². The summed E-state index contributed by atoms with van der Waals surface area (Å²) in [4.78, 5) is 13.5. The quantitative estimate of drug-likeness (QED) is 0.835. The number of anilines is 1. The molecule has 0 aromatic heterocycles. The predicted molar refractivity (Wildman–Crippen MR) is 70.1 cm³/mol. The van der Waals surface area contributed by atoms with E-state index in [1.165, 1.54) is 0 Å². The minimum atomic E-state index is 0.107. The number of rotatable bonds is 2. The lowest BCUT2D eigenvalue weighted by atomic mass is 10.2. The highest BCUT2D eigenvalue weighted by Gasteiger charge is 2.30. The van der Waals surface area contributed by atoms with Crippen molar-refractivity contribution >= 4 is 43.5 Å². The number of hydrogen-bond acceptors (Lipinski definition) is 2. The van der Waals surface area contributed by atoms with E-state index in [0.29, 0.717) is 18.9 Å². The number of amides is 1. The zero-order valence-corrected chi connectivity index (χ0v) is 11.7. The Kier molecular flexibility index (Phi) is 3.54. The van der Waals surface area contributed by atoms with Gasteiger partial charge in [0.2, 0.25) is 5.91 Å². The van der Waals surface area contributed by atoms with E-state index in [2.05, 4.69) is 31.9 Å². The second-order valence-corrected chi connectivity index (χ2v) is 5.37. The average molecular weight is 349 g/mol. The summed E-state index contributed by atoms with van der Waals surface area (Å²) in [6.07, 6.45) is 0.563. The first-order valence-electron chi connectivity index (χ1n) is 4.96. The van der Waals surface area contributed by atoms with Gasteiger partial charge in [0.1, 0.15) is 5.75 Å². The molecule has 3 nitrogen and oxygen atoms in total. The lowest BCUT2D eigenvalue weighted by Crippen LogP contribution is -2.24. The zero-order chi connectivity index (χ0) is 11.7. The molecule has 0 aliphatic carbocycles. The number of carbonyl (C=O) groups is 1. The third kappa shape index (κ3) is 2.25. The third-order valence-corrected chi connectivity index (χ3v) is 4.23. The van der Waals surface area contributed by atoms with Crippen LogP contribution in [0.4, 0.5) is 5.69 Å². The highest BCUT2D eigenvalue weighted by molar-refractivity contribution is 9.10. The predicted octanol–water partition coefficient (Wildman–Crippen LogP) is 2.90. The SMILES string of the molecule is O=C1CC(CBr)CN1c1cc(O)ccc1Br. The minimum Gasteiger partial charge on any atom is -0.508 e. The van der Waals surface area contributed by atoms with Gasteiger partial charge in [0.05, 0.1) is 5.69 Å². The Balaban J connectivity index is 2.30. The second kappa shape index (κ2) is 4.75. The molecule has 16 heavy (non-hydrogen) atoms. The molecular formula is C11H11Br2NO2. The van der Waals surface area contributed by atoms with Crippen LogP contribution in [0.15, 0.2) is 22.7 Å². The summed E-state index contributed by atoms with van der Waals surface area (Å²) in [7, 11) is 0. The first-order chi connectivity index (χ1) is 7.61. The fourth-order valence-corrected chi connectivity index (χ4v) is 2.72. The summed E-state index contributed by atoms with van der Waals surface area (Å²) in [5.74, 6) is 0.630. The molecule has 1 aromatic carbocycles. The molecule has 1 saturated heterocycles. The molecule has 5 heteroatoms. The van der Waals surface area contributed by atoms with Crippen molar-refractivity contribution in [3.05, 3.63) is 22.7 Å². The molecule has 2 rings (SSSR count). The number of carbonyl (C=O) groups excluding carboxylic acids is 1. The summed E-state index contributed by atoms with van der Waals surface area (Å²) < 4.78 is 0.828. The van der Waals surface area contributed by atoms with Crippen molar-refractivity contribution in [3.63, 3.8) is 0 Å². The number of phenols is 1. The van der Waals surface area contributed by atoms with Crippen LogP contribution in [-0.4, -0.2) is 22.9 Å². The Bertz CT molecular complexity index is 422. The van der Waals surface area contributed by atoms with Crippen LogP contribution in [-0.2, 0) is 4.79 Å². The fraction of sp³-hybridized carbons (Fsp3) is 0.364. The van der Waals surface area contributed by atoms with E-state index in [-0.39, 0.29) is 11.7 Å². The van der Waals surface area contributed by atoms with Crippen molar-refractivity contribution in [2.75, 3.05) is 16.8 Å². The number of hydrogen-bond donors (Lipinski definition) is 1. The van der Waals surface area contributed by atoms with E-state index in [9.17, 15) is 9.90 Å². The van der Waals surface area contributed by atoms with Gasteiger partial charge >= 0.3 is 0 Å². The summed E-state index contributed by atoms with van der Waals surface area (Å²) >= 11 is 6.79. The van der Waals surface area contributed by atoms with E-state index >= 15 is 0 Å². The highest BCUT2D eigenvalue weighted by Crippen LogP contribution is 2.34. The van der Waals surface area contributed by atoms with Crippen LogP contribution in [0.5, 0.6) is 5.75 Å². The Hall–Kier alpha value is -0.550. The first kappa shape index (κ1) is 11.9. The van der Waals surface area contributed by atoms with Crippen molar-refractivity contribution in [2.45, 2.75) is 6.42 Å². The number of benzene rings is 1. The van der Waals surface area contributed by atoms with Gasteiger partial charge in [0, 0.05) is 28.8 Å². The van der Waals surface area contributed by atoms with Gasteiger partial charge in [-0.3, -0.25) is 4.79 Å². The van der Waals surface area contributed by atoms with Crippen LogP contribution in [0.2, 0.25) is 0 Å². The maximum absolute atomic E-state index is 11.8. The van der Waals surface area contributed by atoms with Gasteiger partial charge in [-0.15, -0.1) is 0 Å². The van der Waals surface area contributed by atoms with Crippen molar-refractivity contribution in [2.24, 2.45) is 5.92 Å². The highest BCUT2D eigenvalue weighted by atomic mass is 79.9. The lowest BCUT2D eigenvalue weighted by molar-refractivity contribution is -0.117. The van der Waals surface area contributed by atoms with Crippen LogP contribution >= 0.6 is 31.9 Å². The van der Waals surface area contributed by atoms with Crippen molar-refractivity contribution in [3.8, 4) is 5.75 Å². The van der Waals surface area contributed by atoms with E-state index in [4.69, 9.17) is 0 Å². The number of halogens is 2. The average Bonchev–Trinajstić information content (AvgIpc) is 2.63. The molecule has 1 aliphatic rings. The molecule has 0 bridgehead atoms. The van der Waals surface area contributed by atoms with E-state index in [1.54, 1.807) is 23.1 Å². The first-order valence-corrected chi connectivity index (χ1v) is 6.88. The van der Waals surface area contributed by atoms with Gasteiger partial charge in [-0.2, -0.15) is 0 Å². The molecule has 1 aliphatic heterocycles. The molecule has 0 radical (unpaired) electrons. The number of alkyl halides is 1. The normalized spacial score (nSPS) is 20.5. The Morgan fingerprint density at radius 3 is 2.88 bits per heavy atom. The molecule has 0 saturated carbocycles. The monoisotopic (exact) mass is 347 g/mol. The topological polar surface area (TPSA) is 40.5 Å². The molecule has 1 fully saturated rings. The van der Waals surface area contributed by atoms with Gasteiger partial charge < -0.3 is 10.0 Å². The summed E-state index contributed by atoms with van der Waals surface area (Å²) in [6.45, 7) is 0.701. The maximum atomic E-state index is 11.8. The molecule has 1 atom stereocenters. The Morgan fingerprint density at radius 1 is 1.50 bits per heavy atom. The van der Waals surface area contributed by atoms with E-state index < -0.39 is 0 Å². The van der Waals surface area contributed by atoms with Gasteiger partial charge in [-0.05, 0) is 34.0 Å². The number of nitrogens with zero attached hydrogens (tertiary/aromatic N) is 1. The fourth-order valence-electron chi connectivity index (χ4n) is 1.83. The van der Waals surface area contributed by atoms with Crippen LogP contribution in [0.1, 0.15) is 6.42 Å². The molecule has 0 spiro atoms. The van der Waals surface area contributed by atoms with E-state index in [1.807, 2.05) is 0 Å².